The number of pyridine rings is 1. The molecule has 4 heteroatoms. The van der Waals surface area contributed by atoms with Crippen molar-refractivity contribution in [2.75, 3.05) is 18.5 Å². The van der Waals surface area contributed by atoms with E-state index in [-0.39, 0.29) is 0 Å². The van der Waals surface area contributed by atoms with E-state index in [0.717, 1.165) is 24.5 Å². The average molecular weight is 259 g/mol. The van der Waals surface area contributed by atoms with Crippen LogP contribution in [0.1, 0.15) is 22.5 Å². The molecule has 0 aliphatic carbocycles. The van der Waals surface area contributed by atoms with Gasteiger partial charge < -0.3 is 15.1 Å². The molecular weight excluding hydrogens is 238 g/mol. The van der Waals surface area contributed by atoms with Crippen molar-refractivity contribution >= 4 is 5.82 Å². The molecule has 0 aromatic carbocycles. The highest BCUT2D eigenvalue weighted by atomic mass is 16.3. The number of hydrogen-bond donors (Lipinski definition) is 1. The van der Waals surface area contributed by atoms with Gasteiger partial charge in [-0.3, -0.25) is 0 Å². The molecule has 0 saturated heterocycles. The lowest BCUT2D eigenvalue weighted by atomic mass is 10.1. The van der Waals surface area contributed by atoms with E-state index in [2.05, 4.69) is 22.9 Å². The lowest BCUT2D eigenvalue weighted by molar-refractivity contribution is 0.529. The average Bonchev–Trinajstić information content (AvgIpc) is 2.75. The number of nitrogens with zero attached hydrogens (tertiary/aromatic N) is 2. The molecule has 2 N–H and O–H groups in total. The van der Waals surface area contributed by atoms with Crippen molar-refractivity contribution < 1.29 is 4.42 Å². The molecule has 0 saturated carbocycles. The second kappa shape index (κ2) is 5.89. The van der Waals surface area contributed by atoms with Crippen LogP contribution in [0.2, 0.25) is 0 Å². The van der Waals surface area contributed by atoms with Crippen LogP contribution in [-0.2, 0) is 13.0 Å². The van der Waals surface area contributed by atoms with E-state index in [4.69, 9.17) is 10.2 Å². The minimum absolute atomic E-state index is 0.657. The maximum Gasteiger partial charge on any atom is 0.131 e. The predicted octanol–water partition coefficient (Wildman–Crippen LogP) is 2.43. The topological polar surface area (TPSA) is 55.3 Å². The molecule has 0 bridgehead atoms. The van der Waals surface area contributed by atoms with Gasteiger partial charge in [-0.25, -0.2) is 4.98 Å². The zero-order valence-corrected chi connectivity index (χ0v) is 11.8. The normalized spacial score (nSPS) is 10.7. The number of aryl methyl sites for hydroxylation is 2. The van der Waals surface area contributed by atoms with Crippen molar-refractivity contribution in [2.24, 2.45) is 5.73 Å². The van der Waals surface area contributed by atoms with Crippen LogP contribution < -0.4 is 10.6 Å². The van der Waals surface area contributed by atoms with Crippen molar-refractivity contribution in [1.29, 1.82) is 0 Å². The van der Waals surface area contributed by atoms with Crippen molar-refractivity contribution in [2.45, 2.75) is 26.8 Å². The van der Waals surface area contributed by atoms with Crippen LogP contribution in [-0.4, -0.2) is 18.6 Å². The van der Waals surface area contributed by atoms with Crippen molar-refractivity contribution in [3.63, 3.8) is 0 Å². The Bertz CT molecular complexity index is 548. The monoisotopic (exact) mass is 259 g/mol. The van der Waals surface area contributed by atoms with Gasteiger partial charge in [0.15, 0.2) is 0 Å². The minimum atomic E-state index is 0.657. The van der Waals surface area contributed by atoms with Gasteiger partial charge in [0.2, 0.25) is 0 Å². The van der Waals surface area contributed by atoms with E-state index in [0.29, 0.717) is 6.54 Å². The molecule has 0 fully saturated rings. The van der Waals surface area contributed by atoms with E-state index in [1.54, 1.807) is 6.26 Å². The molecule has 0 radical (unpaired) electrons. The van der Waals surface area contributed by atoms with Crippen LogP contribution in [0.25, 0.3) is 0 Å². The Balaban J connectivity index is 2.15. The largest absolute Gasteiger partial charge is 0.469 e. The molecule has 0 unspecified atom stereocenters. The van der Waals surface area contributed by atoms with Gasteiger partial charge in [-0.2, -0.15) is 0 Å². The summed E-state index contributed by atoms with van der Waals surface area (Å²) in [5, 5.41) is 0. The van der Waals surface area contributed by atoms with E-state index in [9.17, 15) is 0 Å². The van der Waals surface area contributed by atoms with Crippen LogP contribution >= 0.6 is 0 Å². The standard InChI is InChI=1S/C15H21N3O/c1-11-8-13(4-6-16)9-17-15(11)18(3)10-14-5-7-19-12(14)2/h5,7-9H,4,6,10,16H2,1-3H3. The SMILES string of the molecule is Cc1cc(CCN)cnc1N(C)Cc1ccoc1C. The Morgan fingerprint density at radius 3 is 2.74 bits per heavy atom. The molecule has 2 aromatic rings. The fraction of sp³-hybridized carbons (Fsp3) is 0.400. The molecule has 0 atom stereocenters. The lowest BCUT2D eigenvalue weighted by Gasteiger charge is -2.20. The summed E-state index contributed by atoms with van der Waals surface area (Å²) in [4.78, 5) is 6.69. The third kappa shape index (κ3) is 3.15. The Labute approximate surface area is 114 Å². The summed E-state index contributed by atoms with van der Waals surface area (Å²) in [6, 6.07) is 4.16. The van der Waals surface area contributed by atoms with Crippen LogP contribution in [0.5, 0.6) is 0 Å². The number of rotatable bonds is 5. The van der Waals surface area contributed by atoms with Gasteiger partial charge in [-0.1, -0.05) is 6.07 Å². The highest BCUT2D eigenvalue weighted by molar-refractivity contribution is 5.47. The highest BCUT2D eigenvalue weighted by Crippen LogP contribution is 2.20. The maximum atomic E-state index is 5.57. The first kappa shape index (κ1) is 13.6. The molecule has 2 rings (SSSR count). The fourth-order valence-electron chi connectivity index (χ4n) is 2.23. The Hall–Kier alpha value is -1.81. The number of furan rings is 1. The van der Waals surface area contributed by atoms with E-state index >= 15 is 0 Å². The van der Waals surface area contributed by atoms with Gasteiger partial charge in [0.25, 0.3) is 0 Å². The minimum Gasteiger partial charge on any atom is -0.469 e. The van der Waals surface area contributed by atoms with Crippen molar-refractivity contribution in [1.82, 2.24) is 4.98 Å². The zero-order chi connectivity index (χ0) is 13.8. The summed E-state index contributed by atoms with van der Waals surface area (Å²) in [5.74, 6) is 1.96. The maximum absolute atomic E-state index is 5.57. The van der Waals surface area contributed by atoms with Gasteiger partial charge in [-0.05, 0) is 44.0 Å². The summed E-state index contributed by atoms with van der Waals surface area (Å²) in [7, 11) is 2.05. The van der Waals surface area contributed by atoms with E-state index in [1.807, 2.05) is 26.2 Å². The first-order valence-electron chi connectivity index (χ1n) is 6.51. The molecular formula is C15H21N3O. The molecule has 0 amide bonds. The Morgan fingerprint density at radius 1 is 1.37 bits per heavy atom. The highest BCUT2D eigenvalue weighted by Gasteiger charge is 2.10. The van der Waals surface area contributed by atoms with Crippen molar-refractivity contribution in [3.05, 3.63) is 47.0 Å². The van der Waals surface area contributed by atoms with Gasteiger partial charge >= 0.3 is 0 Å². The second-order valence-corrected chi connectivity index (χ2v) is 4.88. The number of anilines is 1. The first-order chi connectivity index (χ1) is 9.11. The summed E-state index contributed by atoms with van der Waals surface area (Å²) >= 11 is 0. The predicted molar refractivity (Wildman–Crippen MR) is 77.3 cm³/mol. The molecule has 19 heavy (non-hydrogen) atoms. The van der Waals surface area contributed by atoms with Gasteiger partial charge in [-0.15, -0.1) is 0 Å². The second-order valence-electron chi connectivity index (χ2n) is 4.88. The smallest absolute Gasteiger partial charge is 0.131 e. The summed E-state index contributed by atoms with van der Waals surface area (Å²) in [6.45, 7) is 5.52. The molecule has 2 aromatic heterocycles. The zero-order valence-electron chi connectivity index (χ0n) is 11.8. The van der Waals surface area contributed by atoms with Crippen LogP contribution in [0.4, 0.5) is 5.82 Å². The molecule has 0 aliphatic rings. The van der Waals surface area contributed by atoms with Crippen LogP contribution in [0.3, 0.4) is 0 Å². The van der Waals surface area contributed by atoms with Gasteiger partial charge in [0.1, 0.15) is 11.6 Å². The third-order valence-electron chi connectivity index (χ3n) is 3.28. The third-order valence-corrected chi connectivity index (χ3v) is 3.28. The lowest BCUT2D eigenvalue weighted by Crippen LogP contribution is -2.19. The number of hydrogen-bond acceptors (Lipinski definition) is 4. The molecule has 102 valence electrons. The number of aromatic nitrogens is 1. The Kier molecular flexibility index (Phi) is 4.22. The van der Waals surface area contributed by atoms with Crippen LogP contribution in [0, 0.1) is 13.8 Å². The fourth-order valence-corrected chi connectivity index (χ4v) is 2.23. The Morgan fingerprint density at radius 2 is 2.16 bits per heavy atom. The molecule has 0 spiro atoms. The van der Waals surface area contributed by atoms with Crippen LogP contribution in [0.15, 0.2) is 29.0 Å². The van der Waals surface area contributed by atoms with Crippen molar-refractivity contribution in [3.8, 4) is 0 Å². The summed E-state index contributed by atoms with van der Waals surface area (Å²) in [5.41, 5.74) is 9.12. The summed E-state index contributed by atoms with van der Waals surface area (Å²) < 4.78 is 5.32. The first-order valence-corrected chi connectivity index (χ1v) is 6.51. The van der Waals surface area contributed by atoms with Gasteiger partial charge in [0, 0.05) is 25.4 Å². The van der Waals surface area contributed by atoms with E-state index in [1.165, 1.54) is 16.7 Å². The summed E-state index contributed by atoms with van der Waals surface area (Å²) in [6.07, 6.45) is 4.51. The number of nitrogens with two attached hydrogens (primary N) is 1. The van der Waals surface area contributed by atoms with E-state index < -0.39 is 0 Å². The molecule has 4 nitrogen and oxygen atoms in total. The quantitative estimate of drug-likeness (QED) is 0.896. The molecule has 0 aliphatic heterocycles. The van der Waals surface area contributed by atoms with Gasteiger partial charge in [0.05, 0.1) is 6.26 Å². The molecule has 2 heterocycles.